The van der Waals surface area contributed by atoms with Gasteiger partial charge in [-0.2, -0.15) is 0 Å². The van der Waals surface area contributed by atoms with E-state index in [4.69, 9.17) is 9.84 Å². The van der Waals surface area contributed by atoms with Gasteiger partial charge in [-0.05, 0) is 38.0 Å². The van der Waals surface area contributed by atoms with Crippen LogP contribution < -0.4 is 4.74 Å². The second-order valence-electron chi connectivity index (χ2n) is 3.45. The molecule has 0 aliphatic heterocycles. The second kappa shape index (κ2) is 4.44. The molecule has 2 atom stereocenters. The van der Waals surface area contributed by atoms with E-state index in [1.54, 1.807) is 6.07 Å². The van der Waals surface area contributed by atoms with Crippen molar-refractivity contribution in [2.24, 2.45) is 0 Å². The highest BCUT2D eigenvalue weighted by Crippen LogP contribution is 2.21. The zero-order valence-corrected chi connectivity index (χ0v) is 8.69. The Kier molecular flexibility index (Phi) is 3.49. The van der Waals surface area contributed by atoms with Gasteiger partial charge in [0.05, 0.1) is 0 Å². The van der Waals surface area contributed by atoms with Gasteiger partial charge in [-0.25, -0.2) is 0 Å². The fourth-order valence-electron chi connectivity index (χ4n) is 1.08. The highest BCUT2D eigenvalue weighted by atomic mass is 16.6. The maximum Gasteiger partial charge on any atom is 0.223 e. The summed E-state index contributed by atoms with van der Waals surface area (Å²) in [6, 6.07) is 5.59. The first-order chi connectivity index (χ1) is 6.52. The molecule has 1 aromatic carbocycles. The van der Waals surface area contributed by atoms with E-state index < -0.39 is 12.4 Å². The lowest BCUT2D eigenvalue weighted by molar-refractivity contribution is -0.0962. The number of hydrogen-bond donors (Lipinski definition) is 2. The quantitative estimate of drug-likeness (QED) is 0.718. The molecule has 78 valence electrons. The molecule has 0 radical (unpaired) electrons. The van der Waals surface area contributed by atoms with Gasteiger partial charge < -0.3 is 14.9 Å². The molecule has 2 unspecified atom stereocenters. The summed E-state index contributed by atoms with van der Waals surface area (Å²) in [5.74, 6) is 0.610. The fraction of sp³-hybridized carbons (Fsp3) is 0.455. The van der Waals surface area contributed by atoms with Gasteiger partial charge in [0, 0.05) is 0 Å². The topological polar surface area (TPSA) is 49.7 Å². The second-order valence-corrected chi connectivity index (χ2v) is 3.45. The van der Waals surface area contributed by atoms with Crippen LogP contribution in [-0.2, 0) is 0 Å². The molecule has 1 rings (SSSR count). The molecule has 0 saturated carbocycles. The lowest BCUT2D eigenvalue weighted by Crippen LogP contribution is -2.28. The number of hydrogen-bond acceptors (Lipinski definition) is 3. The average molecular weight is 196 g/mol. The van der Waals surface area contributed by atoms with Crippen molar-refractivity contribution in [3.63, 3.8) is 0 Å². The number of ether oxygens (including phenoxy) is 1. The smallest absolute Gasteiger partial charge is 0.223 e. The van der Waals surface area contributed by atoms with E-state index in [2.05, 4.69) is 0 Å². The molecule has 0 aliphatic carbocycles. The zero-order chi connectivity index (χ0) is 10.7. The van der Waals surface area contributed by atoms with Crippen molar-refractivity contribution in [2.75, 3.05) is 0 Å². The summed E-state index contributed by atoms with van der Waals surface area (Å²) >= 11 is 0. The fourth-order valence-corrected chi connectivity index (χ4v) is 1.08. The molecular weight excluding hydrogens is 180 g/mol. The highest BCUT2D eigenvalue weighted by molar-refractivity contribution is 5.38. The number of aryl methyl sites for hydroxylation is 1. The summed E-state index contributed by atoms with van der Waals surface area (Å²) < 4.78 is 5.19. The zero-order valence-electron chi connectivity index (χ0n) is 8.69. The van der Waals surface area contributed by atoms with Gasteiger partial charge in [0.15, 0.2) is 0 Å². The van der Waals surface area contributed by atoms with Crippen LogP contribution in [0.25, 0.3) is 0 Å². The number of rotatable bonds is 3. The molecule has 0 bridgehead atoms. The molecule has 1 aromatic rings. The van der Waals surface area contributed by atoms with Gasteiger partial charge in [-0.3, -0.25) is 0 Å². The van der Waals surface area contributed by atoms with Crippen LogP contribution in [0, 0.1) is 13.8 Å². The maximum absolute atomic E-state index is 9.32. The van der Waals surface area contributed by atoms with E-state index in [0.717, 1.165) is 11.1 Å². The Hall–Kier alpha value is -1.06. The average Bonchev–Trinajstić information content (AvgIpc) is 2.12. The van der Waals surface area contributed by atoms with Crippen LogP contribution in [0.1, 0.15) is 18.1 Å². The van der Waals surface area contributed by atoms with Gasteiger partial charge in [0.2, 0.25) is 6.29 Å². The normalized spacial score (nSPS) is 14.9. The standard InChI is InChI=1S/C11H16O3/c1-7-5-4-6-10(8(7)2)14-11(13)9(3)12/h4-6,9,11-13H,1-3H3. The van der Waals surface area contributed by atoms with Crippen molar-refractivity contribution >= 4 is 0 Å². The summed E-state index contributed by atoms with van der Waals surface area (Å²) in [5.41, 5.74) is 2.08. The van der Waals surface area contributed by atoms with E-state index in [9.17, 15) is 5.11 Å². The number of aliphatic hydroxyl groups is 2. The third-order valence-corrected chi connectivity index (χ3v) is 2.22. The lowest BCUT2D eigenvalue weighted by atomic mass is 10.1. The summed E-state index contributed by atoms with van der Waals surface area (Å²) in [4.78, 5) is 0. The third-order valence-electron chi connectivity index (χ3n) is 2.22. The molecule has 0 aromatic heterocycles. The van der Waals surface area contributed by atoms with Crippen molar-refractivity contribution < 1.29 is 14.9 Å². The Morgan fingerprint density at radius 3 is 2.43 bits per heavy atom. The van der Waals surface area contributed by atoms with Gasteiger partial charge in [-0.1, -0.05) is 12.1 Å². The molecule has 14 heavy (non-hydrogen) atoms. The lowest BCUT2D eigenvalue weighted by Gasteiger charge is -2.17. The van der Waals surface area contributed by atoms with E-state index in [-0.39, 0.29) is 0 Å². The molecule has 0 aliphatic rings. The van der Waals surface area contributed by atoms with Crippen LogP contribution in [0.3, 0.4) is 0 Å². The molecule has 0 amide bonds. The Bertz CT molecular complexity index is 307. The molecular formula is C11H16O3. The van der Waals surface area contributed by atoms with Crippen LogP contribution in [0.4, 0.5) is 0 Å². The van der Waals surface area contributed by atoms with E-state index in [1.165, 1.54) is 6.92 Å². The van der Waals surface area contributed by atoms with E-state index >= 15 is 0 Å². The SMILES string of the molecule is Cc1cccc(OC(O)C(C)O)c1C. The molecule has 0 fully saturated rings. The van der Waals surface area contributed by atoms with Crippen molar-refractivity contribution in [1.82, 2.24) is 0 Å². The Morgan fingerprint density at radius 1 is 1.21 bits per heavy atom. The minimum Gasteiger partial charge on any atom is -0.462 e. The van der Waals surface area contributed by atoms with Gasteiger partial charge in [0.1, 0.15) is 11.9 Å². The first kappa shape index (κ1) is 11.0. The molecule has 0 spiro atoms. The summed E-state index contributed by atoms with van der Waals surface area (Å²) in [6.07, 6.45) is -2.06. The van der Waals surface area contributed by atoms with Crippen LogP contribution in [0.5, 0.6) is 5.75 Å². The first-order valence-corrected chi connectivity index (χ1v) is 4.61. The Morgan fingerprint density at radius 2 is 1.86 bits per heavy atom. The molecule has 3 nitrogen and oxygen atoms in total. The molecule has 3 heteroatoms. The molecule has 2 N–H and O–H groups in total. The Labute approximate surface area is 84.0 Å². The number of aliphatic hydroxyl groups excluding tert-OH is 2. The van der Waals surface area contributed by atoms with Crippen molar-refractivity contribution in [3.8, 4) is 5.75 Å². The largest absolute Gasteiger partial charge is 0.462 e. The molecule has 0 saturated heterocycles. The van der Waals surface area contributed by atoms with Gasteiger partial charge in [-0.15, -0.1) is 0 Å². The highest BCUT2D eigenvalue weighted by Gasteiger charge is 2.13. The van der Waals surface area contributed by atoms with Crippen molar-refractivity contribution in [1.29, 1.82) is 0 Å². The summed E-state index contributed by atoms with van der Waals surface area (Å²) in [6.45, 7) is 5.37. The predicted molar refractivity (Wildman–Crippen MR) is 54.2 cm³/mol. The van der Waals surface area contributed by atoms with Crippen LogP contribution in [0.15, 0.2) is 18.2 Å². The van der Waals surface area contributed by atoms with Crippen LogP contribution in [-0.4, -0.2) is 22.6 Å². The predicted octanol–water partition coefficient (Wildman–Crippen LogP) is 1.38. The minimum absolute atomic E-state index is 0.610. The van der Waals surface area contributed by atoms with E-state index in [0.29, 0.717) is 5.75 Å². The van der Waals surface area contributed by atoms with E-state index in [1.807, 2.05) is 26.0 Å². The van der Waals surface area contributed by atoms with Gasteiger partial charge in [0.25, 0.3) is 0 Å². The first-order valence-electron chi connectivity index (χ1n) is 4.61. The Balaban J connectivity index is 2.82. The third kappa shape index (κ3) is 2.47. The maximum atomic E-state index is 9.32. The minimum atomic E-state index is -1.17. The monoisotopic (exact) mass is 196 g/mol. The summed E-state index contributed by atoms with van der Waals surface area (Å²) in [7, 11) is 0. The summed E-state index contributed by atoms with van der Waals surface area (Å²) in [5, 5.41) is 18.4. The van der Waals surface area contributed by atoms with Crippen molar-refractivity contribution in [3.05, 3.63) is 29.3 Å². The molecule has 0 heterocycles. The van der Waals surface area contributed by atoms with Gasteiger partial charge >= 0.3 is 0 Å². The number of benzene rings is 1. The van der Waals surface area contributed by atoms with Crippen LogP contribution in [0.2, 0.25) is 0 Å². The van der Waals surface area contributed by atoms with Crippen molar-refractivity contribution in [2.45, 2.75) is 33.2 Å². The van der Waals surface area contributed by atoms with Crippen LogP contribution >= 0.6 is 0 Å².